The zero-order chi connectivity index (χ0) is 25.4. The van der Waals surface area contributed by atoms with Crippen molar-refractivity contribution in [3.63, 3.8) is 0 Å². The van der Waals surface area contributed by atoms with Crippen molar-refractivity contribution in [2.75, 3.05) is 0 Å². The lowest BCUT2D eigenvalue weighted by atomic mass is 10.1. The second kappa shape index (κ2) is 25.2. The van der Waals surface area contributed by atoms with Gasteiger partial charge in [0.1, 0.15) is 0 Å². The molecule has 0 spiro atoms. The maximum atomic E-state index is 2.17. The maximum absolute atomic E-state index is 2.17. The van der Waals surface area contributed by atoms with E-state index in [4.69, 9.17) is 0 Å². The minimum atomic E-state index is 0.833. The summed E-state index contributed by atoms with van der Waals surface area (Å²) in [6.07, 6.45) is 0. The average molecular weight is 439 g/mol. The third-order valence-electron chi connectivity index (χ3n) is 2.33. The molecule has 0 heteroatoms. The molecule has 0 aliphatic heterocycles. The molecule has 0 unspecified atom stereocenters. The van der Waals surface area contributed by atoms with Gasteiger partial charge in [-0.15, -0.1) is 0 Å². The van der Waals surface area contributed by atoms with Crippen molar-refractivity contribution in [3.8, 4) is 0 Å². The molecule has 0 saturated carbocycles. The molecule has 3 aromatic rings. The summed E-state index contributed by atoms with van der Waals surface area (Å²) in [5.74, 6) is 3.33. The Labute approximate surface area is 202 Å². The van der Waals surface area contributed by atoms with Gasteiger partial charge in [0, 0.05) is 0 Å². The predicted molar refractivity (Wildman–Crippen MR) is 152 cm³/mol. The lowest BCUT2D eigenvalue weighted by Gasteiger charge is -1.92. The van der Waals surface area contributed by atoms with Crippen LogP contribution in [0.5, 0.6) is 0 Å². The molecule has 0 aromatic heterocycles. The highest BCUT2D eigenvalue weighted by atomic mass is 13.9. The summed E-state index contributed by atoms with van der Waals surface area (Å²) in [7, 11) is 0. The molecule has 32 heavy (non-hydrogen) atoms. The summed E-state index contributed by atoms with van der Waals surface area (Å²) in [6, 6.07) is 28.7. The molecule has 3 rings (SSSR count). The third kappa shape index (κ3) is 42.1. The van der Waals surface area contributed by atoms with Gasteiger partial charge in [0.05, 0.1) is 0 Å². The minimum absolute atomic E-state index is 0.833. The van der Waals surface area contributed by atoms with Crippen molar-refractivity contribution >= 4 is 10.8 Å². The van der Waals surface area contributed by atoms with Crippen molar-refractivity contribution in [3.05, 3.63) is 84.9 Å². The molecule has 0 aliphatic carbocycles. The second-order valence-corrected chi connectivity index (χ2v) is 10.4. The molecular formula is C32H54. The fraction of sp³-hybridized carbons (Fsp3) is 0.500. The first kappa shape index (κ1) is 34.5. The molecule has 0 saturated heterocycles. The summed E-state index contributed by atoms with van der Waals surface area (Å²) in [4.78, 5) is 0. The molecule has 0 radical (unpaired) electrons. The van der Waals surface area contributed by atoms with E-state index in [9.17, 15) is 0 Å². The van der Waals surface area contributed by atoms with Gasteiger partial charge >= 0.3 is 0 Å². The third-order valence-corrected chi connectivity index (χ3v) is 2.33. The van der Waals surface area contributed by atoms with E-state index in [1.54, 1.807) is 0 Å². The van der Waals surface area contributed by atoms with Crippen molar-refractivity contribution in [2.24, 2.45) is 23.7 Å². The van der Waals surface area contributed by atoms with E-state index in [-0.39, 0.29) is 0 Å². The molecule has 0 amide bonds. The summed E-state index contributed by atoms with van der Waals surface area (Å²) >= 11 is 0. The van der Waals surface area contributed by atoms with Gasteiger partial charge in [-0.3, -0.25) is 0 Å². The molecule has 3 aromatic carbocycles. The van der Waals surface area contributed by atoms with Crippen molar-refractivity contribution in [1.29, 1.82) is 0 Å². The standard InChI is InChI=1S/C10H8.C6H6.4C4H10/c1-2-6-10-8-4-3-7-9(10)5-1;1-2-4-6-5-3-1;4*1-4(2)3/h1-8H;1-6H;4*4H,1-3H3. The molecule has 0 aliphatic rings. The Morgan fingerprint density at radius 2 is 0.406 bits per heavy atom. The molecule has 0 atom stereocenters. The Morgan fingerprint density at radius 1 is 0.281 bits per heavy atom. The lowest BCUT2D eigenvalue weighted by molar-refractivity contribution is 0.736. The Balaban J connectivity index is -0.000000336. The molecule has 182 valence electrons. The summed E-state index contributed by atoms with van der Waals surface area (Å²) in [6.45, 7) is 26.0. The van der Waals surface area contributed by atoms with Crippen LogP contribution in [0.3, 0.4) is 0 Å². The highest BCUT2D eigenvalue weighted by Gasteiger charge is 1.85. The van der Waals surface area contributed by atoms with Gasteiger partial charge in [-0.05, 0) is 34.4 Å². The number of hydrogen-bond acceptors (Lipinski definition) is 0. The smallest absolute Gasteiger partial charge is 0.0184 e. The van der Waals surface area contributed by atoms with E-state index in [2.05, 4.69) is 132 Å². The van der Waals surface area contributed by atoms with Crippen molar-refractivity contribution < 1.29 is 0 Å². The molecule has 0 nitrogen and oxygen atoms in total. The van der Waals surface area contributed by atoms with E-state index < -0.39 is 0 Å². The van der Waals surface area contributed by atoms with Gasteiger partial charge in [-0.25, -0.2) is 0 Å². The maximum Gasteiger partial charge on any atom is -0.0184 e. The van der Waals surface area contributed by atoms with E-state index in [1.165, 1.54) is 10.8 Å². The van der Waals surface area contributed by atoms with Crippen LogP contribution in [-0.4, -0.2) is 0 Å². The normalized spacial score (nSPS) is 9.12. The average Bonchev–Trinajstić information content (AvgIpc) is 2.68. The zero-order valence-corrected chi connectivity index (χ0v) is 23.4. The molecule has 0 fully saturated rings. The number of fused-ring (bicyclic) bond motifs is 1. The minimum Gasteiger partial charge on any atom is -0.0630 e. The Morgan fingerprint density at radius 3 is 0.531 bits per heavy atom. The van der Waals surface area contributed by atoms with E-state index in [0.29, 0.717) is 0 Å². The van der Waals surface area contributed by atoms with Crippen LogP contribution in [0.4, 0.5) is 0 Å². The highest BCUT2D eigenvalue weighted by Crippen LogP contribution is 2.11. The van der Waals surface area contributed by atoms with Crippen molar-refractivity contribution in [2.45, 2.75) is 83.1 Å². The Kier molecular flexibility index (Phi) is 27.2. The van der Waals surface area contributed by atoms with Crippen LogP contribution in [0.25, 0.3) is 10.8 Å². The van der Waals surface area contributed by atoms with Crippen LogP contribution in [0.1, 0.15) is 83.1 Å². The van der Waals surface area contributed by atoms with Crippen LogP contribution < -0.4 is 0 Å². The van der Waals surface area contributed by atoms with Gasteiger partial charge < -0.3 is 0 Å². The van der Waals surface area contributed by atoms with Crippen LogP contribution in [0.2, 0.25) is 0 Å². The SMILES string of the molecule is CC(C)C.CC(C)C.CC(C)C.CC(C)C.c1ccc2ccccc2c1.c1ccccc1. The van der Waals surface area contributed by atoms with Crippen LogP contribution in [0, 0.1) is 23.7 Å². The number of benzene rings is 3. The van der Waals surface area contributed by atoms with Gasteiger partial charge in [0.2, 0.25) is 0 Å². The first-order valence-electron chi connectivity index (χ1n) is 12.3. The lowest BCUT2D eigenvalue weighted by Crippen LogP contribution is -1.67. The summed E-state index contributed by atoms with van der Waals surface area (Å²) < 4.78 is 0. The first-order chi connectivity index (χ1) is 14.9. The molecule has 0 bridgehead atoms. The van der Waals surface area contributed by atoms with E-state index >= 15 is 0 Å². The fourth-order valence-electron chi connectivity index (χ4n) is 1.52. The molecule has 0 heterocycles. The van der Waals surface area contributed by atoms with Gasteiger partial charge in [0.15, 0.2) is 0 Å². The Bertz CT molecular complexity index is 566. The topological polar surface area (TPSA) is 0 Å². The van der Waals surface area contributed by atoms with Crippen LogP contribution >= 0.6 is 0 Å². The van der Waals surface area contributed by atoms with Crippen molar-refractivity contribution in [1.82, 2.24) is 0 Å². The zero-order valence-electron chi connectivity index (χ0n) is 23.4. The van der Waals surface area contributed by atoms with Crippen LogP contribution in [-0.2, 0) is 0 Å². The van der Waals surface area contributed by atoms with E-state index in [1.807, 2.05) is 36.4 Å². The van der Waals surface area contributed by atoms with Gasteiger partial charge in [-0.2, -0.15) is 0 Å². The van der Waals surface area contributed by atoms with Gasteiger partial charge in [0.25, 0.3) is 0 Å². The van der Waals surface area contributed by atoms with E-state index in [0.717, 1.165) is 23.7 Å². The number of rotatable bonds is 0. The summed E-state index contributed by atoms with van der Waals surface area (Å²) in [5.41, 5.74) is 0. The largest absolute Gasteiger partial charge is 0.0630 e. The predicted octanol–water partition coefficient (Wildman–Crippen LogP) is 11.2. The monoisotopic (exact) mass is 438 g/mol. The van der Waals surface area contributed by atoms with Gasteiger partial charge in [-0.1, -0.05) is 168 Å². The number of hydrogen-bond donors (Lipinski definition) is 0. The highest BCUT2D eigenvalue weighted by molar-refractivity contribution is 5.81. The molecule has 0 N–H and O–H groups in total. The quantitative estimate of drug-likeness (QED) is 0.327. The Hall–Kier alpha value is -2.08. The fourth-order valence-corrected chi connectivity index (χ4v) is 1.52. The second-order valence-electron chi connectivity index (χ2n) is 10.4. The summed E-state index contributed by atoms with van der Waals surface area (Å²) in [5, 5.41) is 2.62. The molecular weight excluding hydrogens is 384 g/mol. The first-order valence-corrected chi connectivity index (χ1v) is 12.3. The van der Waals surface area contributed by atoms with Crippen LogP contribution in [0.15, 0.2) is 84.9 Å².